The highest BCUT2D eigenvalue weighted by Crippen LogP contribution is 2.30. The van der Waals surface area contributed by atoms with E-state index in [2.05, 4.69) is 0 Å². The number of halogens is 1. The molecule has 3 aromatic rings. The van der Waals surface area contributed by atoms with E-state index in [0.29, 0.717) is 17.0 Å². The minimum atomic E-state index is -1.16. The van der Waals surface area contributed by atoms with Crippen molar-refractivity contribution in [1.29, 1.82) is 0 Å². The van der Waals surface area contributed by atoms with Gasteiger partial charge in [0.05, 0.1) is 12.3 Å². The summed E-state index contributed by atoms with van der Waals surface area (Å²) in [6.07, 6.45) is 0.441. The number of hydrogen-bond donors (Lipinski definition) is 1. The Morgan fingerprint density at radius 2 is 1.47 bits per heavy atom. The minimum absolute atomic E-state index is 0.112. The maximum Gasteiger partial charge on any atom is 0.327 e. The molecule has 3 aromatic carbocycles. The van der Waals surface area contributed by atoms with Gasteiger partial charge in [-0.15, -0.1) is 0 Å². The van der Waals surface area contributed by atoms with Gasteiger partial charge in [-0.3, -0.25) is 9.59 Å². The lowest BCUT2D eigenvalue weighted by Gasteiger charge is -2.24. The molecule has 1 N–H and O–H groups in total. The number of Topliss-reactive ketones (excluding diaryl/α,β-unsaturated/α-hetero) is 1. The van der Waals surface area contributed by atoms with Crippen LogP contribution in [0.4, 0.5) is 0 Å². The molecule has 1 heterocycles. The van der Waals surface area contributed by atoms with Crippen LogP contribution in [0, 0.1) is 5.92 Å². The average molecular weight is 448 g/mol. The van der Waals surface area contributed by atoms with E-state index >= 15 is 0 Å². The van der Waals surface area contributed by atoms with Crippen LogP contribution in [0.2, 0.25) is 5.02 Å². The molecular formula is C26H22ClNO4. The highest BCUT2D eigenvalue weighted by atomic mass is 35.5. The predicted octanol–water partition coefficient (Wildman–Crippen LogP) is 4.73. The molecule has 1 amide bonds. The second-order valence-corrected chi connectivity index (χ2v) is 8.31. The number of likely N-dealkylation sites (tertiary alicyclic amines) is 1. The van der Waals surface area contributed by atoms with Crippen molar-refractivity contribution in [2.75, 3.05) is 6.54 Å². The normalized spacial score (nSPS) is 17.8. The Hall–Kier alpha value is -3.44. The first-order valence-electron chi connectivity index (χ1n) is 10.4. The first kappa shape index (κ1) is 21.8. The van der Waals surface area contributed by atoms with Gasteiger partial charge in [0.15, 0.2) is 5.78 Å². The maximum absolute atomic E-state index is 13.2. The fourth-order valence-corrected chi connectivity index (χ4v) is 4.33. The molecule has 0 bridgehead atoms. The van der Waals surface area contributed by atoms with E-state index in [1.807, 2.05) is 54.6 Å². The van der Waals surface area contributed by atoms with Gasteiger partial charge in [0.1, 0.15) is 6.04 Å². The molecule has 5 nitrogen and oxygen atoms in total. The third kappa shape index (κ3) is 4.58. The van der Waals surface area contributed by atoms with Crippen LogP contribution < -0.4 is 0 Å². The van der Waals surface area contributed by atoms with Crippen molar-refractivity contribution < 1.29 is 19.5 Å². The largest absolute Gasteiger partial charge is 0.480 e. The van der Waals surface area contributed by atoms with E-state index in [9.17, 15) is 19.5 Å². The summed E-state index contributed by atoms with van der Waals surface area (Å²) in [5.74, 6) is -2.46. The van der Waals surface area contributed by atoms with E-state index in [-0.39, 0.29) is 24.7 Å². The zero-order valence-corrected chi connectivity index (χ0v) is 18.0. The minimum Gasteiger partial charge on any atom is -0.480 e. The molecule has 0 spiro atoms. The van der Waals surface area contributed by atoms with Crippen LogP contribution in [0.25, 0.3) is 11.1 Å². The number of amides is 1. The van der Waals surface area contributed by atoms with Crippen LogP contribution in [0.15, 0.2) is 78.9 Å². The SMILES string of the molecule is O=C(c1ccc(-c2ccc(Cl)cc2)cc1)[C@H]1CCN(C(=O)Cc2ccccc2)[C@@H]1C(=O)O. The Labute approximate surface area is 191 Å². The second-order valence-electron chi connectivity index (χ2n) is 7.88. The van der Waals surface area contributed by atoms with E-state index in [1.54, 1.807) is 24.3 Å². The standard InChI is InChI=1S/C26H22ClNO4/c27-21-12-10-19(11-13-21)18-6-8-20(9-7-18)25(30)22-14-15-28(24(22)26(31)32)23(29)16-17-4-2-1-3-5-17/h1-13,22,24H,14-16H2,(H,31,32)/t22-,24-/m0/s1. The summed E-state index contributed by atoms with van der Waals surface area (Å²) in [5.41, 5.74) is 3.15. The predicted molar refractivity (Wildman–Crippen MR) is 123 cm³/mol. The molecule has 0 aromatic heterocycles. The lowest BCUT2D eigenvalue weighted by Crippen LogP contribution is -2.45. The highest BCUT2D eigenvalue weighted by Gasteiger charge is 2.45. The molecule has 0 saturated carbocycles. The van der Waals surface area contributed by atoms with Crippen molar-refractivity contribution >= 4 is 29.3 Å². The van der Waals surface area contributed by atoms with Crippen LogP contribution >= 0.6 is 11.6 Å². The van der Waals surface area contributed by atoms with Crippen LogP contribution in [0.1, 0.15) is 22.3 Å². The number of carboxylic acids is 1. The van der Waals surface area contributed by atoms with Crippen molar-refractivity contribution in [3.05, 3.63) is 95.0 Å². The number of aliphatic carboxylic acids is 1. The summed E-state index contributed by atoms with van der Waals surface area (Å²) in [6, 6.07) is 22.5. The Bertz CT molecular complexity index is 1130. The van der Waals surface area contributed by atoms with E-state index in [1.165, 1.54) is 4.90 Å². The molecule has 2 atom stereocenters. The molecule has 1 saturated heterocycles. The fraction of sp³-hybridized carbons (Fsp3) is 0.192. The number of hydrogen-bond acceptors (Lipinski definition) is 3. The number of carbonyl (C=O) groups excluding carboxylic acids is 2. The van der Waals surface area contributed by atoms with Crippen LogP contribution in [-0.4, -0.2) is 40.3 Å². The summed E-state index contributed by atoms with van der Waals surface area (Å²) in [5, 5.41) is 10.5. The second kappa shape index (κ2) is 9.37. The molecule has 4 rings (SSSR count). The third-order valence-electron chi connectivity index (χ3n) is 5.85. The number of carbonyl (C=O) groups is 3. The number of benzene rings is 3. The van der Waals surface area contributed by atoms with Crippen molar-refractivity contribution in [2.24, 2.45) is 5.92 Å². The first-order valence-corrected chi connectivity index (χ1v) is 10.8. The van der Waals surface area contributed by atoms with Gasteiger partial charge in [0.25, 0.3) is 0 Å². The smallest absolute Gasteiger partial charge is 0.327 e. The summed E-state index contributed by atoms with van der Waals surface area (Å²) in [4.78, 5) is 39.3. The van der Waals surface area contributed by atoms with Crippen molar-refractivity contribution in [3.63, 3.8) is 0 Å². The molecular weight excluding hydrogens is 426 g/mol. The molecule has 0 aliphatic carbocycles. The molecule has 0 unspecified atom stereocenters. The average Bonchev–Trinajstić information content (AvgIpc) is 3.26. The summed E-state index contributed by atoms with van der Waals surface area (Å²) in [6.45, 7) is 0.252. The molecule has 1 fully saturated rings. The van der Waals surface area contributed by atoms with Gasteiger partial charge in [0, 0.05) is 17.1 Å². The Morgan fingerprint density at radius 1 is 0.875 bits per heavy atom. The summed E-state index contributed by atoms with van der Waals surface area (Å²) >= 11 is 5.94. The van der Waals surface area contributed by atoms with E-state index < -0.39 is 17.9 Å². The molecule has 32 heavy (non-hydrogen) atoms. The quantitative estimate of drug-likeness (QED) is 0.554. The van der Waals surface area contributed by atoms with Crippen LogP contribution in [0.5, 0.6) is 0 Å². The van der Waals surface area contributed by atoms with Crippen LogP contribution in [0.3, 0.4) is 0 Å². The summed E-state index contributed by atoms with van der Waals surface area (Å²) < 4.78 is 0. The number of carboxylic acid groups (broad SMARTS) is 1. The Morgan fingerprint density at radius 3 is 2.06 bits per heavy atom. The molecule has 1 aliphatic heterocycles. The van der Waals surface area contributed by atoms with Gasteiger partial charge < -0.3 is 10.0 Å². The Kier molecular flexibility index (Phi) is 6.37. The zero-order chi connectivity index (χ0) is 22.7. The first-order chi connectivity index (χ1) is 15.4. The highest BCUT2D eigenvalue weighted by molar-refractivity contribution is 6.30. The van der Waals surface area contributed by atoms with Gasteiger partial charge in [0.2, 0.25) is 5.91 Å². The molecule has 162 valence electrons. The number of ketones is 1. The maximum atomic E-state index is 13.2. The van der Waals surface area contributed by atoms with Gasteiger partial charge in [-0.1, -0.05) is 78.3 Å². The monoisotopic (exact) mass is 447 g/mol. The van der Waals surface area contributed by atoms with E-state index in [0.717, 1.165) is 16.7 Å². The number of rotatable bonds is 6. The lowest BCUT2D eigenvalue weighted by atomic mass is 9.90. The van der Waals surface area contributed by atoms with Crippen molar-refractivity contribution in [2.45, 2.75) is 18.9 Å². The van der Waals surface area contributed by atoms with Crippen molar-refractivity contribution in [1.82, 2.24) is 4.90 Å². The number of nitrogens with zero attached hydrogens (tertiary/aromatic N) is 1. The lowest BCUT2D eigenvalue weighted by molar-refractivity contribution is -0.148. The van der Waals surface area contributed by atoms with Crippen molar-refractivity contribution in [3.8, 4) is 11.1 Å². The van der Waals surface area contributed by atoms with Gasteiger partial charge >= 0.3 is 5.97 Å². The molecule has 1 aliphatic rings. The van der Waals surface area contributed by atoms with Gasteiger partial charge in [-0.05, 0) is 35.2 Å². The third-order valence-corrected chi connectivity index (χ3v) is 6.11. The van der Waals surface area contributed by atoms with Gasteiger partial charge in [-0.25, -0.2) is 4.79 Å². The molecule has 0 radical (unpaired) electrons. The Balaban J connectivity index is 1.51. The van der Waals surface area contributed by atoms with E-state index in [4.69, 9.17) is 11.6 Å². The van der Waals surface area contributed by atoms with Crippen LogP contribution in [-0.2, 0) is 16.0 Å². The molecule has 6 heteroatoms. The van der Waals surface area contributed by atoms with Gasteiger partial charge in [-0.2, -0.15) is 0 Å². The topological polar surface area (TPSA) is 74.7 Å². The zero-order valence-electron chi connectivity index (χ0n) is 17.3. The summed E-state index contributed by atoms with van der Waals surface area (Å²) in [7, 11) is 0. The fourth-order valence-electron chi connectivity index (χ4n) is 4.21.